The summed E-state index contributed by atoms with van der Waals surface area (Å²) in [4.78, 5) is -0.572. The van der Waals surface area contributed by atoms with Gasteiger partial charge in [0, 0.05) is 19.1 Å². The van der Waals surface area contributed by atoms with E-state index in [2.05, 4.69) is 5.32 Å². The fourth-order valence-electron chi connectivity index (χ4n) is 2.77. The largest absolute Gasteiger partial charge is 0.314 e. The van der Waals surface area contributed by atoms with Crippen LogP contribution in [0.5, 0.6) is 0 Å². The summed E-state index contributed by atoms with van der Waals surface area (Å²) in [7, 11) is -3.97. The number of nitrogens with zero attached hydrogens (tertiary/aromatic N) is 1. The van der Waals surface area contributed by atoms with Gasteiger partial charge in [0.1, 0.15) is 16.5 Å². The third kappa shape index (κ3) is 4.41. The van der Waals surface area contributed by atoms with Gasteiger partial charge in [0.05, 0.1) is 0 Å². The zero-order valence-electron chi connectivity index (χ0n) is 12.7. The smallest absolute Gasteiger partial charge is 0.246 e. The van der Waals surface area contributed by atoms with Crippen LogP contribution < -0.4 is 5.32 Å². The molecule has 1 saturated heterocycles. The molecule has 130 valence electrons. The molecule has 4 nitrogen and oxygen atoms in total. The second-order valence-electron chi connectivity index (χ2n) is 6.10. The minimum atomic E-state index is -3.97. The number of rotatable bonds is 5. The van der Waals surface area contributed by atoms with E-state index in [0.29, 0.717) is 32.0 Å². The van der Waals surface area contributed by atoms with E-state index in [1.54, 1.807) is 0 Å². The molecular weight excluding hydrogens is 346 g/mol. The van der Waals surface area contributed by atoms with Gasteiger partial charge in [-0.2, -0.15) is 4.31 Å². The van der Waals surface area contributed by atoms with Gasteiger partial charge in [-0.15, -0.1) is 12.4 Å². The van der Waals surface area contributed by atoms with Crippen molar-refractivity contribution in [2.75, 3.05) is 19.6 Å². The van der Waals surface area contributed by atoms with Crippen molar-refractivity contribution >= 4 is 22.4 Å². The molecule has 0 radical (unpaired) electrons. The van der Waals surface area contributed by atoms with Crippen LogP contribution in [0, 0.1) is 17.6 Å². The van der Waals surface area contributed by atoms with Gasteiger partial charge in [-0.1, -0.05) is 0 Å². The van der Waals surface area contributed by atoms with Crippen LogP contribution in [0.25, 0.3) is 0 Å². The van der Waals surface area contributed by atoms with Gasteiger partial charge in [-0.25, -0.2) is 17.2 Å². The molecule has 8 heteroatoms. The molecule has 2 fully saturated rings. The van der Waals surface area contributed by atoms with Gasteiger partial charge in [0.15, 0.2) is 0 Å². The Morgan fingerprint density at radius 2 is 1.78 bits per heavy atom. The van der Waals surface area contributed by atoms with E-state index in [9.17, 15) is 17.2 Å². The minimum absolute atomic E-state index is 0. The van der Waals surface area contributed by atoms with E-state index in [1.165, 1.54) is 17.1 Å². The Morgan fingerprint density at radius 3 is 2.39 bits per heavy atom. The van der Waals surface area contributed by atoms with Crippen molar-refractivity contribution in [1.82, 2.24) is 9.62 Å². The van der Waals surface area contributed by atoms with Gasteiger partial charge < -0.3 is 5.32 Å². The molecule has 1 heterocycles. The Balaban J connectivity index is 0.00000192. The summed E-state index contributed by atoms with van der Waals surface area (Å²) in [6.07, 6.45) is 3.95. The number of hydrogen-bond donors (Lipinski definition) is 1. The molecule has 0 atom stereocenters. The summed E-state index contributed by atoms with van der Waals surface area (Å²) in [5.41, 5.74) is 0. The van der Waals surface area contributed by atoms with E-state index in [4.69, 9.17) is 0 Å². The maximum atomic E-state index is 13.7. The lowest BCUT2D eigenvalue weighted by molar-refractivity contribution is 0.287. The van der Waals surface area contributed by atoms with Crippen LogP contribution in [0.3, 0.4) is 0 Å². The first-order valence-electron chi connectivity index (χ1n) is 7.65. The fourth-order valence-corrected chi connectivity index (χ4v) is 4.32. The van der Waals surface area contributed by atoms with Crippen LogP contribution in [-0.2, 0) is 10.0 Å². The average molecular weight is 367 g/mol. The number of benzene rings is 1. The molecule has 0 unspecified atom stereocenters. The topological polar surface area (TPSA) is 49.4 Å². The van der Waals surface area contributed by atoms with Crippen LogP contribution >= 0.6 is 12.4 Å². The SMILES string of the molecule is Cl.O=S(=O)(c1cc(F)ccc1F)N1CCC(NCC2CC2)CC1. The van der Waals surface area contributed by atoms with Crippen molar-refractivity contribution in [3.8, 4) is 0 Å². The molecule has 1 aromatic rings. The molecule has 1 aromatic carbocycles. The second kappa shape index (κ2) is 7.42. The third-order valence-electron chi connectivity index (χ3n) is 4.36. The number of sulfonamides is 1. The molecule has 0 bridgehead atoms. The predicted octanol–water partition coefficient (Wildman–Crippen LogP) is 2.54. The lowest BCUT2D eigenvalue weighted by atomic mass is 10.1. The summed E-state index contributed by atoms with van der Waals surface area (Å²) in [5, 5.41) is 3.46. The van der Waals surface area contributed by atoms with E-state index in [0.717, 1.165) is 30.7 Å². The Labute approximate surface area is 141 Å². The zero-order chi connectivity index (χ0) is 15.7. The molecular formula is C15H21ClF2N2O2S. The van der Waals surface area contributed by atoms with E-state index in [-0.39, 0.29) is 12.4 Å². The van der Waals surface area contributed by atoms with Crippen LogP contribution in [-0.4, -0.2) is 38.4 Å². The van der Waals surface area contributed by atoms with Crippen LogP contribution in [0.15, 0.2) is 23.1 Å². The Morgan fingerprint density at radius 1 is 1.13 bits per heavy atom. The molecule has 1 aliphatic carbocycles. The van der Waals surface area contributed by atoms with Crippen molar-refractivity contribution in [1.29, 1.82) is 0 Å². The molecule has 2 aliphatic rings. The number of halogens is 3. The van der Waals surface area contributed by atoms with Crippen LogP contribution in [0.2, 0.25) is 0 Å². The Kier molecular flexibility index (Phi) is 5.99. The first kappa shape index (κ1) is 18.6. The summed E-state index contributed by atoms with van der Waals surface area (Å²) < 4.78 is 53.1. The monoisotopic (exact) mass is 366 g/mol. The highest BCUT2D eigenvalue weighted by atomic mass is 35.5. The highest BCUT2D eigenvalue weighted by Crippen LogP contribution is 2.28. The van der Waals surface area contributed by atoms with Crippen molar-refractivity contribution in [2.45, 2.75) is 36.6 Å². The molecule has 3 rings (SSSR count). The first-order chi connectivity index (χ1) is 10.5. The molecule has 1 aliphatic heterocycles. The number of nitrogens with one attached hydrogen (secondary N) is 1. The minimum Gasteiger partial charge on any atom is -0.314 e. The maximum Gasteiger partial charge on any atom is 0.246 e. The molecule has 1 saturated carbocycles. The fraction of sp³-hybridized carbons (Fsp3) is 0.600. The third-order valence-corrected chi connectivity index (χ3v) is 6.27. The second-order valence-corrected chi connectivity index (χ2v) is 8.01. The Hall–Kier alpha value is -0.760. The van der Waals surface area contributed by atoms with Crippen LogP contribution in [0.1, 0.15) is 25.7 Å². The van der Waals surface area contributed by atoms with Gasteiger partial charge in [-0.3, -0.25) is 0 Å². The summed E-state index contributed by atoms with van der Waals surface area (Å²) in [6.45, 7) is 1.66. The van der Waals surface area contributed by atoms with Crippen molar-refractivity contribution in [3.63, 3.8) is 0 Å². The van der Waals surface area contributed by atoms with E-state index >= 15 is 0 Å². The summed E-state index contributed by atoms with van der Waals surface area (Å²) in [6, 6.07) is 2.83. The van der Waals surface area contributed by atoms with Gasteiger partial charge in [0.2, 0.25) is 10.0 Å². The highest BCUT2D eigenvalue weighted by Gasteiger charge is 2.32. The lowest BCUT2D eigenvalue weighted by Crippen LogP contribution is -2.45. The molecule has 23 heavy (non-hydrogen) atoms. The van der Waals surface area contributed by atoms with Gasteiger partial charge >= 0.3 is 0 Å². The molecule has 1 N–H and O–H groups in total. The van der Waals surface area contributed by atoms with Crippen molar-refractivity contribution in [2.24, 2.45) is 5.92 Å². The van der Waals surface area contributed by atoms with Crippen LogP contribution in [0.4, 0.5) is 8.78 Å². The molecule has 0 spiro atoms. The van der Waals surface area contributed by atoms with E-state index < -0.39 is 26.6 Å². The molecule has 0 aromatic heterocycles. The van der Waals surface area contributed by atoms with Gasteiger partial charge in [-0.05, 0) is 56.3 Å². The zero-order valence-corrected chi connectivity index (χ0v) is 14.3. The van der Waals surface area contributed by atoms with Gasteiger partial charge in [0.25, 0.3) is 0 Å². The average Bonchev–Trinajstić information content (AvgIpc) is 3.32. The predicted molar refractivity (Wildman–Crippen MR) is 86.1 cm³/mol. The quantitative estimate of drug-likeness (QED) is 0.871. The van der Waals surface area contributed by atoms with Crippen molar-refractivity contribution < 1.29 is 17.2 Å². The summed E-state index contributed by atoms with van der Waals surface area (Å²) >= 11 is 0. The first-order valence-corrected chi connectivity index (χ1v) is 9.09. The van der Waals surface area contributed by atoms with Crippen molar-refractivity contribution in [3.05, 3.63) is 29.8 Å². The molecule has 0 amide bonds. The highest BCUT2D eigenvalue weighted by molar-refractivity contribution is 7.89. The number of piperidine rings is 1. The number of hydrogen-bond acceptors (Lipinski definition) is 3. The summed E-state index contributed by atoms with van der Waals surface area (Å²) in [5.74, 6) is -0.875. The standard InChI is InChI=1S/C15H20F2N2O2S.ClH/c16-12-3-4-14(17)15(9-12)22(20,21)19-7-5-13(6-8-19)18-10-11-1-2-11;/h3-4,9,11,13,18H,1-2,5-8,10H2;1H. The Bertz CT molecular complexity index is 645. The normalized spacial score (nSPS) is 20.3. The lowest BCUT2D eigenvalue weighted by Gasteiger charge is -2.31. The van der Waals surface area contributed by atoms with E-state index in [1.807, 2.05) is 0 Å². The maximum absolute atomic E-state index is 13.7.